The van der Waals surface area contributed by atoms with Crippen molar-refractivity contribution >= 4 is 29.4 Å². The Kier molecular flexibility index (Phi) is 4.82. The molecule has 2 fully saturated rings. The van der Waals surface area contributed by atoms with E-state index in [2.05, 4.69) is 5.32 Å². The molecule has 2 aliphatic heterocycles. The van der Waals surface area contributed by atoms with E-state index in [1.54, 1.807) is 24.3 Å². The molecule has 3 rings (SSSR count). The lowest BCUT2D eigenvalue weighted by Crippen LogP contribution is -2.54. The number of nitrogens with one attached hydrogen (secondary N) is 1. The number of carbonyl (C=O) groups is 3. The Morgan fingerprint density at radius 2 is 1.88 bits per heavy atom. The van der Waals surface area contributed by atoms with Crippen LogP contribution in [0.4, 0.5) is 4.79 Å². The molecule has 0 bridgehead atoms. The van der Waals surface area contributed by atoms with E-state index in [1.165, 1.54) is 6.20 Å². The van der Waals surface area contributed by atoms with E-state index in [-0.39, 0.29) is 12.1 Å². The quantitative estimate of drug-likeness (QED) is 0.654. The van der Waals surface area contributed by atoms with E-state index in [4.69, 9.17) is 16.3 Å². The van der Waals surface area contributed by atoms with Gasteiger partial charge in [0.25, 0.3) is 11.8 Å². The first-order chi connectivity index (χ1) is 11.6. The predicted octanol–water partition coefficient (Wildman–Crippen LogP) is 1.13. The monoisotopic (exact) mass is 349 g/mol. The van der Waals surface area contributed by atoms with Crippen molar-refractivity contribution in [3.63, 3.8) is 0 Å². The number of ether oxygens (including phenoxy) is 1. The lowest BCUT2D eigenvalue weighted by molar-refractivity contribution is -0.130. The van der Waals surface area contributed by atoms with E-state index in [0.717, 1.165) is 4.90 Å². The van der Waals surface area contributed by atoms with Crippen LogP contribution in [0.5, 0.6) is 0 Å². The van der Waals surface area contributed by atoms with Crippen molar-refractivity contribution in [1.82, 2.24) is 15.1 Å². The zero-order chi connectivity index (χ0) is 17.1. The number of hydrogen-bond donors (Lipinski definition) is 1. The highest BCUT2D eigenvalue weighted by atomic mass is 35.5. The molecule has 2 aliphatic rings. The molecule has 0 aromatic heterocycles. The van der Waals surface area contributed by atoms with Crippen molar-refractivity contribution in [3.8, 4) is 0 Å². The van der Waals surface area contributed by atoms with Crippen LogP contribution in [0, 0.1) is 0 Å². The average molecular weight is 350 g/mol. The average Bonchev–Trinajstić information content (AvgIpc) is 2.58. The van der Waals surface area contributed by atoms with Gasteiger partial charge in [0, 0.05) is 24.3 Å². The van der Waals surface area contributed by atoms with Crippen LogP contribution in [0.3, 0.4) is 0 Å². The van der Waals surface area contributed by atoms with Crippen molar-refractivity contribution in [1.29, 1.82) is 0 Å². The summed E-state index contributed by atoms with van der Waals surface area (Å²) in [7, 11) is 0. The van der Waals surface area contributed by atoms with Crippen LogP contribution in [0.25, 0.3) is 0 Å². The van der Waals surface area contributed by atoms with Crippen molar-refractivity contribution in [3.05, 3.63) is 46.6 Å². The first-order valence-electron chi connectivity index (χ1n) is 7.50. The summed E-state index contributed by atoms with van der Waals surface area (Å²) in [5.41, 5.74) is 0.561. The minimum Gasteiger partial charge on any atom is -0.378 e. The molecule has 24 heavy (non-hydrogen) atoms. The van der Waals surface area contributed by atoms with Crippen LogP contribution in [0.1, 0.15) is 5.56 Å². The van der Waals surface area contributed by atoms with E-state index in [1.807, 2.05) is 4.90 Å². The molecule has 2 heterocycles. The third kappa shape index (κ3) is 3.42. The van der Waals surface area contributed by atoms with Gasteiger partial charge in [-0.25, -0.2) is 4.79 Å². The highest BCUT2D eigenvalue weighted by Gasteiger charge is 2.36. The van der Waals surface area contributed by atoms with Gasteiger partial charge in [0.15, 0.2) is 0 Å². The number of urea groups is 1. The number of halogens is 1. The maximum atomic E-state index is 12.6. The molecule has 1 N–H and O–H groups in total. The molecule has 0 saturated carbocycles. The molecule has 0 spiro atoms. The number of hydrogen-bond acceptors (Lipinski definition) is 5. The van der Waals surface area contributed by atoms with Crippen LogP contribution < -0.4 is 5.32 Å². The lowest BCUT2D eigenvalue weighted by Gasteiger charge is -2.30. The van der Waals surface area contributed by atoms with Gasteiger partial charge >= 0.3 is 6.03 Å². The molecule has 7 nitrogen and oxygen atoms in total. The Bertz CT molecular complexity index is 713. The minimum absolute atomic E-state index is 0.00191. The second kappa shape index (κ2) is 7.02. The Labute approximate surface area is 143 Å². The second-order valence-corrected chi connectivity index (χ2v) is 5.84. The highest BCUT2D eigenvalue weighted by molar-refractivity contribution is 6.31. The van der Waals surface area contributed by atoms with Crippen molar-refractivity contribution in [2.24, 2.45) is 0 Å². The molecule has 0 radical (unpaired) electrons. The van der Waals surface area contributed by atoms with Crippen LogP contribution in [-0.4, -0.2) is 53.9 Å². The summed E-state index contributed by atoms with van der Waals surface area (Å²) in [4.78, 5) is 39.5. The number of morpholine rings is 1. The zero-order valence-electron chi connectivity index (χ0n) is 12.8. The van der Waals surface area contributed by atoms with E-state index >= 15 is 0 Å². The summed E-state index contributed by atoms with van der Waals surface area (Å²) in [5.74, 6) is -1.32. The van der Waals surface area contributed by atoms with Gasteiger partial charge in [-0.15, -0.1) is 0 Å². The van der Waals surface area contributed by atoms with Crippen LogP contribution >= 0.6 is 11.6 Å². The van der Waals surface area contributed by atoms with E-state index in [0.29, 0.717) is 36.9 Å². The van der Waals surface area contributed by atoms with Gasteiger partial charge in [-0.2, -0.15) is 0 Å². The van der Waals surface area contributed by atoms with E-state index < -0.39 is 17.8 Å². The maximum Gasteiger partial charge on any atom is 0.331 e. The van der Waals surface area contributed by atoms with Gasteiger partial charge in [0.05, 0.1) is 19.8 Å². The van der Waals surface area contributed by atoms with Crippen molar-refractivity contribution in [2.45, 2.75) is 6.54 Å². The fraction of sp³-hybridized carbons (Fsp3) is 0.312. The van der Waals surface area contributed by atoms with Gasteiger partial charge in [0.2, 0.25) is 0 Å². The van der Waals surface area contributed by atoms with Crippen molar-refractivity contribution in [2.75, 3.05) is 26.3 Å². The van der Waals surface area contributed by atoms with Gasteiger partial charge in [-0.1, -0.05) is 29.8 Å². The third-order valence-corrected chi connectivity index (χ3v) is 4.20. The Morgan fingerprint density at radius 3 is 2.58 bits per heavy atom. The third-order valence-electron chi connectivity index (χ3n) is 3.83. The lowest BCUT2D eigenvalue weighted by atomic mass is 10.1. The number of nitrogens with zero attached hydrogens (tertiary/aromatic N) is 2. The largest absolute Gasteiger partial charge is 0.378 e. The minimum atomic E-state index is -0.746. The molecule has 4 amide bonds. The number of benzene rings is 1. The van der Waals surface area contributed by atoms with Gasteiger partial charge in [-0.05, 0) is 11.6 Å². The summed E-state index contributed by atoms with van der Waals surface area (Å²) < 4.78 is 5.24. The first kappa shape index (κ1) is 16.5. The molecule has 0 atom stereocenters. The number of barbiturate groups is 1. The summed E-state index contributed by atoms with van der Waals surface area (Å²) in [6.07, 6.45) is 1.49. The molecule has 0 unspecified atom stereocenters. The Hall–Kier alpha value is -2.38. The number of carbonyl (C=O) groups excluding carboxylic acids is 3. The predicted molar refractivity (Wildman–Crippen MR) is 86.0 cm³/mol. The van der Waals surface area contributed by atoms with E-state index in [9.17, 15) is 14.4 Å². The van der Waals surface area contributed by atoms with Crippen LogP contribution in [0.2, 0.25) is 5.02 Å². The molecule has 1 aromatic rings. The summed E-state index contributed by atoms with van der Waals surface area (Å²) >= 11 is 6.09. The Morgan fingerprint density at radius 1 is 1.17 bits per heavy atom. The smallest absolute Gasteiger partial charge is 0.331 e. The first-order valence-corrected chi connectivity index (χ1v) is 7.88. The fourth-order valence-corrected chi connectivity index (χ4v) is 2.71. The molecular weight excluding hydrogens is 334 g/mol. The van der Waals surface area contributed by atoms with Crippen molar-refractivity contribution < 1.29 is 19.1 Å². The second-order valence-electron chi connectivity index (χ2n) is 5.43. The highest BCUT2D eigenvalue weighted by Crippen LogP contribution is 2.20. The maximum absolute atomic E-state index is 12.6. The standard InChI is InChI=1S/C16H16ClN3O4/c17-13-4-2-1-3-11(13)9-20-15(22)12(14(21)18-16(20)23)10-19-5-7-24-8-6-19/h1-4,10H,5-9H2,(H,18,21,23). The number of imide groups is 2. The molecule has 0 aliphatic carbocycles. The SMILES string of the molecule is O=C1NC(=O)N(Cc2ccccc2Cl)C(=O)C1=CN1CCOCC1. The van der Waals surface area contributed by atoms with Gasteiger partial charge in [-0.3, -0.25) is 19.8 Å². The molecule has 126 valence electrons. The normalized spacial score (nSPS) is 20.5. The molecular formula is C16H16ClN3O4. The Balaban J connectivity index is 1.83. The molecule has 8 heteroatoms. The molecule has 2 saturated heterocycles. The van der Waals surface area contributed by atoms with Gasteiger partial charge < -0.3 is 9.64 Å². The summed E-state index contributed by atoms with van der Waals surface area (Å²) in [6, 6.07) is 6.19. The van der Waals surface area contributed by atoms with Gasteiger partial charge in [0.1, 0.15) is 5.57 Å². The fourth-order valence-electron chi connectivity index (χ4n) is 2.51. The summed E-state index contributed by atoms with van der Waals surface area (Å²) in [5, 5.41) is 2.65. The zero-order valence-corrected chi connectivity index (χ0v) is 13.6. The topological polar surface area (TPSA) is 79.0 Å². The number of amides is 4. The van der Waals surface area contributed by atoms with Crippen LogP contribution in [-0.2, 0) is 20.9 Å². The van der Waals surface area contributed by atoms with Crippen LogP contribution in [0.15, 0.2) is 36.0 Å². The summed E-state index contributed by atoms with van der Waals surface area (Å²) in [6.45, 7) is 2.23. The number of rotatable bonds is 3. The molecule has 1 aromatic carbocycles.